The summed E-state index contributed by atoms with van der Waals surface area (Å²) in [6, 6.07) is 7.48. The SMILES string of the molecule is O=[N+]([O-])c1cc(S(=O)(=O)Nc2ccccc2OC(F)F)ccc1O. The molecule has 0 unspecified atom stereocenters. The number of alkyl halides is 2. The minimum Gasteiger partial charge on any atom is -0.502 e. The molecule has 0 bridgehead atoms. The van der Waals surface area contributed by atoms with Crippen molar-refractivity contribution < 1.29 is 32.0 Å². The summed E-state index contributed by atoms with van der Waals surface area (Å²) in [4.78, 5) is 9.28. The molecule has 0 heterocycles. The average molecular weight is 360 g/mol. The van der Waals surface area contributed by atoms with Crippen LogP contribution in [0, 0.1) is 10.1 Å². The largest absolute Gasteiger partial charge is 0.502 e. The lowest BCUT2D eigenvalue weighted by Gasteiger charge is -2.13. The van der Waals surface area contributed by atoms with E-state index in [-0.39, 0.29) is 5.69 Å². The van der Waals surface area contributed by atoms with Crippen LogP contribution in [0.4, 0.5) is 20.2 Å². The monoisotopic (exact) mass is 360 g/mol. The lowest BCUT2D eigenvalue weighted by molar-refractivity contribution is -0.386. The molecule has 11 heteroatoms. The summed E-state index contributed by atoms with van der Waals surface area (Å²) in [5.74, 6) is -1.12. The second-order valence-electron chi connectivity index (χ2n) is 4.39. The average Bonchev–Trinajstić information content (AvgIpc) is 2.48. The van der Waals surface area contributed by atoms with E-state index in [1.165, 1.54) is 18.2 Å². The molecule has 0 saturated heterocycles. The van der Waals surface area contributed by atoms with Gasteiger partial charge in [0.25, 0.3) is 10.0 Å². The van der Waals surface area contributed by atoms with Crippen molar-refractivity contribution in [2.75, 3.05) is 4.72 Å². The third kappa shape index (κ3) is 3.87. The number of phenolic OH excluding ortho intramolecular Hbond substituents is 1. The molecule has 8 nitrogen and oxygen atoms in total. The number of nitro benzene ring substituents is 1. The van der Waals surface area contributed by atoms with E-state index >= 15 is 0 Å². The number of para-hydroxylation sites is 2. The Morgan fingerprint density at radius 1 is 1.21 bits per heavy atom. The van der Waals surface area contributed by atoms with Gasteiger partial charge in [0.05, 0.1) is 15.5 Å². The van der Waals surface area contributed by atoms with Crippen molar-refractivity contribution in [2.24, 2.45) is 0 Å². The first-order valence-electron chi connectivity index (χ1n) is 6.25. The molecule has 0 aromatic heterocycles. The van der Waals surface area contributed by atoms with Crippen molar-refractivity contribution in [3.05, 3.63) is 52.6 Å². The summed E-state index contributed by atoms with van der Waals surface area (Å²) < 4.78 is 55.4. The fourth-order valence-electron chi connectivity index (χ4n) is 1.77. The maximum atomic E-state index is 12.3. The predicted molar refractivity (Wildman–Crippen MR) is 78.6 cm³/mol. The number of anilines is 1. The molecule has 2 N–H and O–H groups in total. The minimum absolute atomic E-state index is 0.270. The highest BCUT2D eigenvalue weighted by Gasteiger charge is 2.22. The van der Waals surface area contributed by atoms with Crippen molar-refractivity contribution in [3.63, 3.8) is 0 Å². The summed E-state index contributed by atoms with van der Waals surface area (Å²) in [5.41, 5.74) is -1.08. The Morgan fingerprint density at radius 2 is 1.88 bits per heavy atom. The first kappa shape index (κ1) is 17.4. The summed E-state index contributed by atoms with van der Waals surface area (Å²) in [6.07, 6.45) is 0. The maximum absolute atomic E-state index is 12.3. The van der Waals surface area contributed by atoms with E-state index in [4.69, 9.17) is 0 Å². The van der Waals surface area contributed by atoms with Gasteiger partial charge in [-0.3, -0.25) is 14.8 Å². The first-order valence-corrected chi connectivity index (χ1v) is 7.73. The molecule has 2 rings (SSSR count). The molecule has 2 aromatic carbocycles. The van der Waals surface area contributed by atoms with Crippen molar-refractivity contribution in [1.29, 1.82) is 0 Å². The zero-order chi connectivity index (χ0) is 17.9. The minimum atomic E-state index is -4.33. The smallest absolute Gasteiger partial charge is 0.387 e. The molecule has 0 radical (unpaired) electrons. The Kier molecular flexibility index (Phi) is 4.83. The summed E-state index contributed by atoms with van der Waals surface area (Å²) in [6.45, 7) is -3.16. The summed E-state index contributed by atoms with van der Waals surface area (Å²) in [5, 5.41) is 20.1. The standard InChI is InChI=1S/C13H10F2N2O6S/c14-13(15)23-12-4-2-1-3-9(12)16-24(21,22)8-5-6-11(18)10(7-8)17(19)20/h1-7,13,16,18H. The van der Waals surface area contributed by atoms with Crippen LogP contribution in [0.25, 0.3) is 0 Å². The number of ether oxygens (including phenoxy) is 1. The molecule has 0 amide bonds. The van der Waals surface area contributed by atoms with E-state index in [0.717, 1.165) is 18.2 Å². The molecule has 0 fully saturated rings. The fourth-order valence-corrected chi connectivity index (χ4v) is 2.86. The molecule has 0 spiro atoms. The quantitative estimate of drug-likeness (QED) is 0.604. The Hall–Kier alpha value is -2.95. The number of nitrogens with one attached hydrogen (secondary N) is 1. The molecule has 0 aliphatic carbocycles. The molecular formula is C13H10F2N2O6S. The van der Waals surface area contributed by atoms with E-state index < -0.39 is 43.6 Å². The predicted octanol–water partition coefficient (Wildman–Crippen LogP) is 2.70. The number of aromatic hydroxyl groups is 1. The molecule has 0 aliphatic rings. The zero-order valence-electron chi connectivity index (χ0n) is 11.7. The number of phenols is 1. The van der Waals surface area contributed by atoms with Crippen LogP contribution in [-0.2, 0) is 10.0 Å². The number of hydrogen-bond donors (Lipinski definition) is 2. The van der Waals surface area contributed by atoms with Gasteiger partial charge in [0.2, 0.25) is 0 Å². The van der Waals surface area contributed by atoms with Crippen molar-refractivity contribution in [1.82, 2.24) is 0 Å². The Labute approximate surface area is 134 Å². The topological polar surface area (TPSA) is 119 Å². The number of sulfonamides is 1. The second kappa shape index (κ2) is 6.66. The van der Waals surface area contributed by atoms with Gasteiger partial charge in [0.1, 0.15) is 5.75 Å². The van der Waals surface area contributed by atoms with Gasteiger partial charge in [0, 0.05) is 6.07 Å². The highest BCUT2D eigenvalue weighted by Crippen LogP contribution is 2.31. The van der Waals surface area contributed by atoms with Gasteiger partial charge < -0.3 is 9.84 Å². The molecule has 128 valence electrons. The van der Waals surface area contributed by atoms with Crippen molar-refractivity contribution >= 4 is 21.4 Å². The Balaban J connectivity index is 2.40. The number of benzene rings is 2. The van der Waals surface area contributed by atoms with Gasteiger partial charge in [-0.05, 0) is 24.3 Å². The van der Waals surface area contributed by atoms with E-state index in [1.807, 2.05) is 4.72 Å². The lowest BCUT2D eigenvalue weighted by atomic mass is 10.3. The van der Waals surface area contributed by atoms with Crippen LogP contribution in [0.15, 0.2) is 47.4 Å². The van der Waals surface area contributed by atoms with Crippen LogP contribution >= 0.6 is 0 Å². The highest BCUT2D eigenvalue weighted by molar-refractivity contribution is 7.92. The molecule has 24 heavy (non-hydrogen) atoms. The lowest BCUT2D eigenvalue weighted by Crippen LogP contribution is -2.15. The summed E-state index contributed by atoms with van der Waals surface area (Å²) >= 11 is 0. The van der Waals surface area contributed by atoms with Gasteiger partial charge in [-0.25, -0.2) is 8.42 Å². The summed E-state index contributed by atoms with van der Waals surface area (Å²) in [7, 11) is -4.33. The van der Waals surface area contributed by atoms with Crippen LogP contribution < -0.4 is 9.46 Å². The molecule has 0 aliphatic heterocycles. The van der Waals surface area contributed by atoms with E-state index in [2.05, 4.69) is 4.74 Å². The van der Waals surface area contributed by atoms with Crippen LogP contribution in [-0.4, -0.2) is 25.1 Å². The molecule has 2 aromatic rings. The van der Waals surface area contributed by atoms with Crippen molar-refractivity contribution in [2.45, 2.75) is 11.5 Å². The van der Waals surface area contributed by atoms with Gasteiger partial charge in [0.15, 0.2) is 5.75 Å². The second-order valence-corrected chi connectivity index (χ2v) is 6.07. The van der Waals surface area contributed by atoms with E-state index in [0.29, 0.717) is 6.07 Å². The maximum Gasteiger partial charge on any atom is 0.387 e. The van der Waals surface area contributed by atoms with E-state index in [9.17, 15) is 32.4 Å². The van der Waals surface area contributed by atoms with Crippen LogP contribution in [0.5, 0.6) is 11.5 Å². The molecule has 0 saturated carbocycles. The third-order valence-electron chi connectivity index (χ3n) is 2.80. The van der Waals surface area contributed by atoms with Gasteiger partial charge in [-0.2, -0.15) is 8.78 Å². The van der Waals surface area contributed by atoms with Crippen LogP contribution in [0.3, 0.4) is 0 Å². The number of rotatable bonds is 6. The van der Waals surface area contributed by atoms with Gasteiger partial charge >= 0.3 is 12.3 Å². The van der Waals surface area contributed by atoms with Gasteiger partial charge in [-0.15, -0.1) is 0 Å². The Morgan fingerprint density at radius 3 is 2.50 bits per heavy atom. The highest BCUT2D eigenvalue weighted by atomic mass is 32.2. The fraction of sp³-hybridized carbons (Fsp3) is 0.0769. The van der Waals surface area contributed by atoms with E-state index in [1.54, 1.807) is 0 Å². The number of nitrogens with zero attached hydrogens (tertiary/aromatic N) is 1. The Bertz CT molecular complexity index is 873. The zero-order valence-corrected chi connectivity index (χ0v) is 12.5. The van der Waals surface area contributed by atoms with Crippen LogP contribution in [0.2, 0.25) is 0 Å². The molecule has 0 atom stereocenters. The number of halogens is 2. The van der Waals surface area contributed by atoms with Gasteiger partial charge in [-0.1, -0.05) is 12.1 Å². The number of nitro groups is 1. The third-order valence-corrected chi connectivity index (χ3v) is 4.16. The normalized spacial score (nSPS) is 11.3. The van der Waals surface area contributed by atoms with Crippen molar-refractivity contribution in [3.8, 4) is 11.5 Å². The number of hydrogen-bond acceptors (Lipinski definition) is 6. The molecular weight excluding hydrogens is 350 g/mol. The van der Waals surface area contributed by atoms with Crippen LogP contribution in [0.1, 0.15) is 0 Å². The first-order chi connectivity index (χ1) is 11.2.